The van der Waals surface area contributed by atoms with Gasteiger partial charge >= 0.3 is 0 Å². The summed E-state index contributed by atoms with van der Waals surface area (Å²) in [6, 6.07) is 14.8. The highest BCUT2D eigenvalue weighted by Gasteiger charge is 2.03. The molecule has 25 heavy (non-hydrogen) atoms. The molecule has 1 heterocycles. The van der Waals surface area contributed by atoms with Gasteiger partial charge in [0.15, 0.2) is 5.96 Å². The summed E-state index contributed by atoms with van der Waals surface area (Å²) < 4.78 is 0. The van der Waals surface area contributed by atoms with Gasteiger partial charge in [0.25, 0.3) is 0 Å². The SMILES string of the molecule is CCNC(=NCc1cccc2ccccc12)NCc1ncc(C)s1.I. The first-order valence-corrected chi connectivity index (χ1v) is 8.98. The monoisotopic (exact) mass is 466 g/mol. The third kappa shape index (κ3) is 5.40. The van der Waals surface area contributed by atoms with Gasteiger partial charge in [-0.3, -0.25) is 0 Å². The van der Waals surface area contributed by atoms with E-state index in [2.05, 4.69) is 71.9 Å². The van der Waals surface area contributed by atoms with Gasteiger partial charge < -0.3 is 10.6 Å². The molecule has 2 aromatic carbocycles. The lowest BCUT2D eigenvalue weighted by atomic mass is 10.1. The minimum atomic E-state index is 0. The second-order valence-corrected chi connectivity index (χ2v) is 6.87. The minimum Gasteiger partial charge on any atom is -0.357 e. The van der Waals surface area contributed by atoms with E-state index in [0.717, 1.165) is 17.5 Å². The predicted molar refractivity (Wildman–Crippen MR) is 118 cm³/mol. The summed E-state index contributed by atoms with van der Waals surface area (Å²) in [6.45, 7) is 6.31. The molecule has 0 spiro atoms. The zero-order valence-electron chi connectivity index (χ0n) is 14.5. The van der Waals surface area contributed by atoms with Crippen LogP contribution in [-0.4, -0.2) is 17.5 Å². The Labute approximate surface area is 169 Å². The predicted octanol–water partition coefficient (Wildman–Crippen LogP) is 4.48. The molecule has 0 bridgehead atoms. The number of guanidine groups is 1. The summed E-state index contributed by atoms with van der Waals surface area (Å²) >= 11 is 1.71. The van der Waals surface area contributed by atoms with Crippen LogP contribution in [0.4, 0.5) is 0 Å². The van der Waals surface area contributed by atoms with Crippen LogP contribution in [0.25, 0.3) is 10.8 Å². The molecular weight excluding hydrogens is 443 g/mol. The van der Waals surface area contributed by atoms with Crippen molar-refractivity contribution in [1.82, 2.24) is 15.6 Å². The number of hydrogen-bond donors (Lipinski definition) is 2. The molecule has 0 saturated carbocycles. The number of aryl methyl sites for hydroxylation is 1. The summed E-state index contributed by atoms with van der Waals surface area (Å²) in [5.41, 5.74) is 1.23. The van der Waals surface area contributed by atoms with Gasteiger partial charge in [0.1, 0.15) is 5.01 Å². The van der Waals surface area contributed by atoms with Gasteiger partial charge in [-0.15, -0.1) is 35.3 Å². The van der Waals surface area contributed by atoms with E-state index in [9.17, 15) is 0 Å². The van der Waals surface area contributed by atoms with Crippen LogP contribution >= 0.6 is 35.3 Å². The van der Waals surface area contributed by atoms with Crippen molar-refractivity contribution in [3.05, 3.63) is 64.1 Å². The first kappa shape index (κ1) is 19.7. The van der Waals surface area contributed by atoms with Crippen molar-refractivity contribution in [2.24, 2.45) is 4.99 Å². The molecule has 3 aromatic rings. The first-order chi connectivity index (χ1) is 11.8. The molecular formula is C19H23IN4S. The van der Waals surface area contributed by atoms with Crippen molar-refractivity contribution in [3.63, 3.8) is 0 Å². The Morgan fingerprint density at radius 1 is 1.12 bits per heavy atom. The number of hydrogen-bond acceptors (Lipinski definition) is 3. The lowest BCUT2D eigenvalue weighted by molar-refractivity contribution is 0.812. The van der Waals surface area contributed by atoms with Crippen LogP contribution in [0.5, 0.6) is 0 Å². The fraction of sp³-hybridized carbons (Fsp3) is 0.263. The molecule has 0 saturated heterocycles. The van der Waals surface area contributed by atoms with E-state index in [1.807, 2.05) is 6.20 Å². The average molecular weight is 466 g/mol. The molecule has 0 atom stereocenters. The molecule has 0 aliphatic carbocycles. The van der Waals surface area contributed by atoms with E-state index in [4.69, 9.17) is 4.99 Å². The van der Waals surface area contributed by atoms with Crippen molar-refractivity contribution in [1.29, 1.82) is 0 Å². The van der Waals surface area contributed by atoms with E-state index >= 15 is 0 Å². The molecule has 0 radical (unpaired) electrons. The number of benzene rings is 2. The summed E-state index contributed by atoms with van der Waals surface area (Å²) in [4.78, 5) is 10.3. The van der Waals surface area contributed by atoms with E-state index in [0.29, 0.717) is 13.1 Å². The molecule has 0 aliphatic heterocycles. The molecule has 4 nitrogen and oxygen atoms in total. The fourth-order valence-corrected chi connectivity index (χ4v) is 3.31. The molecule has 3 rings (SSSR count). The van der Waals surface area contributed by atoms with Crippen molar-refractivity contribution >= 4 is 52.0 Å². The van der Waals surface area contributed by atoms with Crippen molar-refractivity contribution in [3.8, 4) is 0 Å². The Morgan fingerprint density at radius 2 is 1.92 bits per heavy atom. The topological polar surface area (TPSA) is 49.3 Å². The largest absolute Gasteiger partial charge is 0.357 e. The van der Waals surface area contributed by atoms with Gasteiger partial charge in [-0.2, -0.15) is 0 Å². The smallest absolute Gasteiger partial charge is 0.191 e. The van der Waals surface area contributed by atoms with Crippen molar-refractivity contribution < 1.29 is 0 Å². The zero-order valence-corrected chi connectivity index (χ0v) is 17.6. The van der Waals surface area contributed by atoms with Crippen molar-refractivity contribution in [2.45, 2.75) is 26.9 Å². The maximum absolute atomic E-state index is 4.73. The van der Waals surface area contributed by atoms with E-state index in [-0.39, 0.29) is 24.0 Å². The zero-order chi connectivity index (χ0) is 16.8. The maximum Gasteiger partial charge on any atom is 0.191 e. The Morgan fingerprint density at radius 3 is 2.68 bits per heavy atom. The molecule has 1 aromatic heterocycles. The van der Waals surface area contributed by atoms with Crippen LogP contribution in [0.2, 0.25) is 0 Å². The third-order valence-corrected chi connectivity index (χ3v) is 4.62. The summed E-state index contributed by atoms with van der Waals surface area (Å²) in [7, 11) is 0. The molecule has 6 heteroatoms. The Balaban J connectivity index is 0.00000225. The van der Waals surface area contributed by atoms with E-state index in [1.165, 1.54) is 21.2 Å². The summed E-state index contributed by atoms with van der Waals surface area (Å²) in [5, 5.41) is 10.2. The standard InChI is InChI=1S/C19H22N4S.HI/c1-3-20-19(23-13-18-21-11-14(2)24-18)22-12-16-9-6-8-15-7-4-5-10-17(15)16;/h4-11H,3,12-13H2,1-2H3,(H2,20,22,23);1H. The minimum absolute atomic E-state index is 0. The van der Waals surface area contributed by atoms with E-state index in [1.54, 1.807) is 11.3 Å². The van der Waals surface area contributed by atoms with Crippen LogP contribution in [0.15, 0.2) is 53.7 Å². The number of fused-ring (bicyclic) bond motifs is 1. The van der Waals surface area contributed by atoms with E-state index < -0.39 is 0 Å². The van der Waals surface area contributed by atoms with Gasteiger partial charge in [-0.05, 0) is 30.2 Å². The first-order valence-electron chi connectivity index (χ1n) is 8.16. The normalized spacial score (nSPS) is 11.2. The van der Waals surface area contributed by atoms with Gasteiger partial charge in [0.2, 0.25) is 0 Å². The molecule has 0 amide bonds. The Bertz CT molecular complexity index is 839. The number of nitrogens with zero attached hydrogens (tertiary/aromatic N) is 2. The summed E-state index contributed by atoms with van der Waals surface area (Å²) in [6.07, 6.45) is 1.90. The highest BCUT2D eigenvalue weighted by atomic mass is 127. The average Bonchev–Trinajstić information content (AvgIpc) is 3.03. The molecule has 0 aliphatic rings. The number of aliphatic imine (C=N–C) groups is 1. The fourth-order valence-electron chi connectivity index (χ4n) is 2.58. The van der Waals surface area contributed by atoms with Gasteiger partial charge in [0, 0.05) is 17.6 Å². The summed E-state index contributed by atoms with van der Waals surface area (Å²) in [5.74, 6) is 0.818. The molecule has 2 N–H and O–H groups in total. The number of nitrogens with one attached hydrogen (secondary N) is 2. The van der Waals surface area contributed by atoms with Crippen LogP contribution in [0, 0.1) is 6.92 Å². The van der Waals surface area contributed by atoms with Crippen LogP contribution in [-0.2, 0) is 13.1 Å². The Kier molecular flexibility index (Phi) is 7.64. The lowest BCUT2D eigenvalue weighted by Gasteiger charge is -2.11. The maximum atomic E-state index is 4.73. The number of aromatic nitrogens is 1. The van der Waals surface area contributed by atoms with Crippen LogP contribution in [0.1, 0.15) is 22.4 Å². The van der Waals surface area contributed by atoms with Crippen LogP contribution < -0.4 is 10.6 Å². The number of halogens is 1. The lowest BCUT2D eigenvalue weighted by Crippen LogP contribution is -2.36. The van der Waals surface area contributed by atoms with Crippen molar-refractivity contribution in [2.75, 3.05) is 6.54 Å². The highest BCUT2D eigenvalue weighted by Crippen LogP contribution is 2.19. The molecule has 132 valence electrons. The Hall–Kier alpha value is -1.67. The second kappa shape index (κ2) is 9.72. The van der Waals surface area contributed by atoms with Crippen LogP contribution in [0.3, 0.4) is 0 Å². The molecule has 0 fully saturated rings. The quantitative estimate of drug-likeness (QED) is 0.331. The molecule has 0 unspecified atom stereocenters. The third-order valence-electron chi connectivity index (χ3n) is 3.71. The highest BCUT2D eigenvalue weighted by molar-refractivity contribution is 14.0. The second-order valence-electron chi connectivity index (χ2n) is 5.55. The van der Waals surface area contributed by atoms with Gasteiger partial charge in [0.05, 0.1) is 13.1 Å². The number of thiazole rings is 1. The number of rotatable bonds is 5. The van der Waals surface area contributed by atoms with Gasteiger partial charge in [-0.25, -0.2) is 9.98 Å². The van der Waals surface area contributed by atoms with Gasteiger partial charge in [-0.1, -0.05) is 42.5 Å².